The van der Waals surface area contributed by atoms with Crippen LogP contribution >= 0.6 is 11.8 Å². The predicted molar refractivity (Wildman–Crippen MR) is 103 cm³/mol. The fourth-order valence-corrected chi connectivity index (χ4v) is 4.71. The van der Waals surface area contributed by atoms with Crippen LogP contribution in [0.3, 0.4) is 0 Å². The van der Waals surface area contributed by atoms with Crippen molar-refractivity contribution in [2.24, 2.45) is 0 Å². The van der Waals surface area contributed by atoms with E-state index in [-0.39, 0.29) is 18.3 Å². The molecule has 0 aromatic heterocycles. The summed E-state index contributed by atoms with van der Waals surface area (Å²) >= 11 is 1.40. The smallest absolute Gasteiger partial charge is 0.325 e. The molecule has 1 fully saturated rings. The Kier molecular flexibility index (Phi) is 5.37. The lowest BCUT2D eigenvalue weighted by atomic mass is 9.92. The van der Waals surface area contributed by atoms with Gasteiger partial charge >= 0.3 is 5.97 Å². The third kappa shape index (κ3) is 3.49. The lowest BCUT2D eigenvalue weighted by Gasteiger charge is -2.31. The van der Waals surface area contributed by atoms with Gasteiger partial charge in [0.2, 0.25) is 5.91 Å². The zero-order chi connectivity index (χ0) is 18.7. The van der Waals surface area contributed by atoms with Gasteiger partial charge in [-0.05, 0) is 36.6 Å². The zero-order valence-corrected chi connectivity index (χ0v) is 16.1. The maximum absolute atomic E-state index is 12.9. The first-order valence-corrected chi connectivity index (χ1v) is 9.52. The van der Waals surface area contributed by atoms with E-state index in [1.54, 1.807) is 0 Å². The first kappa shape index (κ1) is 18.5. The molecule has 1 aliphatic rings. The van der Waals surface area contributed by atoms with E-state index in [0.29, 0.717) is 0 Å². The monoisotopic (exact) mass is 369 g/mol. The number of ether oxygens (including phenoxy) is 1. The molecule has 1 aliphatic heterocycles. The van der Waals surface area contributed by atoms with Crippen LogP contribution in [0.2, 0.25) is 0 Å². The van der Waals surface area contributed by atoms with Crippen LogP contribution in [0.5, 0.6) is 0 Å². The lowest BCUT2D eigenvalue weighted by molar-refractivity contribution is -0.144. The molecule has 26 heavy (non-hydrogen) atoms. The second kappa shape index (κ2) is 7.54. The van der Waals surface area contributed by atoms with Crippen molar-refractivity contribution in [2.45, 2.75) is 42.4 Å². The largest absolute Gasteiger partial charge is 0.468 e. The summed E-state index contributed by atoms with van der Waals surface area (Å²) in [4.78, 5) is 26.1. The number of benzene rings is 2. The number of carbonyl (C=O) groups excluding carboxylic acids is 2. The Hall–Kier alpha value is -2.27. The fraction of sp³-hybridized carbons (Fsp3) is 0.333. The molecule has 5 heteroatoms. The van der Waals surface area contributed by atoms with Crippen LogP contribution in [0.15, 0.2) is 53.4 Å². The van der Waals surface area contributed by atoms with Gasteiger partial charge in [-0.25, -0.2) is 0 Å². The summed E-state index contributed by atoms with van der Waals surface area (Å²) in [5.41, 5.74) is 3.25. The molecule has 0 radical (unpaired) electrons. The fourth-order valence-electron chi connectivity index (χ4n) is 3.33. The molecule has 136 valence electrons. The lowest BCUT2D eigenvalue weighted by Crippen LogP contribution is -2.41. The van der Waals surface area contributed by atoms with Gasteiger partial charge in [-0.1, -0.05) is 48.9 Å². The Balaban J connectivity index is 2.06. The van der Waals surface area contributed by atoms with E-state index in [0.717, 1.165) is 22.4 Å². The van der Waals surface area contributed by atoms with Crippen molar-refractivity contribution in [3.63, 3.8) is 0 Å². The van der Waals surface area contributed by atoms with E-state index < -0.39 is 10.8 Å². The van der Waals surface area contributed by atoms with Crippen molar-refractivity contribution < 1.29 is 14.3 Å². The molecule has 0 aliphatic carbocycles. The van der Waals surface area contributed by atoms with E-state index in [1.807, 2.05) is 49.4 Å². The molecule has 1 amide bonds. The van der Waals surface area contributed by atoms with Gasteiger partial charge in [0, 0.05) is 4.90 Å². The summed E-state index contributed by atoms with van der Waals surface area (Å²) < 4.78 is 4.12. The Morgan fingerprint density at radius 2 is 2.00 bits per heavy atom. The summed E-state index contributed by atoms with van der Waals surface area (Å²) in [6, 6.07) is 15.6. The van der Waals surface area contributed by atoms with Crippen LogP contribution in [-0.4, -0.2) is 23.7 Å². The number of amides is 1. The SMILES string of the molecule is CCc1cccc([C@H]2NC(=O)C[C@]2(Sc2ccc(C)cc2)C(=O)OC)c1. The van der Waals surface area contributed by atoms with Crippen molar-refractivity contribution >= 4 is 23.6 Å². The first-order chi connectivity index (χ1) is 12.5. The molecule has 0 saturated carbocycles. The molecule has 1 N–H and O–H groups in total. The highest BCUT2D eigenvalue weighted by atomic mass is 32.2. The molecule has 2 aromatic carbocycles. The highest BCUT2D eigenvalue weighted by Crippen LogP contribution is 2.49. The van der Waals surface area contributed by atoms with E-state index in [9.17, 15) is 9.59 Å². The number of aryl methyl sites for hydroxylation is 2. The van der Waals surface area contributed by atoms with Crippen molar-refractivity contribution in [2.75, 3.05) is 7.11 Å². The molecular formula is C21H23NO3S. The number of hydrogen-bond acceptors (Lipinski definition) is 4. The second-order valence-electron chi connectivity index (χ2n) is 6.57. The van der Waals surface area contributed by atoms with Crippen LogP contribution in [-0.2, 0) is 20.7 Å². The van der Waals surface area contributed by atoms with E-state index in [2.05, 4.69) is 18.3 Å². The van der Waals surface area contributed by atoms with Crippen molar-refractivity contribution in [1.82, 2.24) is 5.32 Å². The summed E-state index contributed by atoms with van der Waals surface area (Å²) in [7, 11) is 1.38. The van der Waals surface area contributed by atoms with Crippen molar-refractivity contribution in [3.8, 4) is 0 Å². The number of methoxy groups -OCH3 is 1. The third-order valence-corrected chi connectivity index (χ3v) is 6.16. The molecule has 0 spiro atoms. The molecule has 0 bridgehead atoms. The quantitative estimate of drug-likeness (QED) is 0.814. The molecule has 1 heterocycles. The summed E-state index contributed by atoms with van der Waals surface area (Å²) in [5.74, 6) is -0.518. The number of carbonyl (C=O) groups is 2. The Morgan fingerprint density at radius 1 is 1.27 bits per heavy atom. The Labute approximate surface area is 158 Å². The predicted octanol–water partition coefficient (Wildman–Crippen LogP) is 3.82. The third-order valence-electron chi connectivity index (χ3n) is 4.74. The highest BCUT2D eigenvalue weighted by Gasteiger charge is 2.55. The van der Waals surface area contributed by atoms with Gasteiger partial charge in [-0.2, -0.15) is 0 Å². The van der Waals surface area contributed by atoms with Crippen LogP contribution in [0.4, 0.5) is 0 Å². The normalized spacial score (nSPS) is 22.1. The van der Waals surface area contributed by atoms with Crippen LogP contribution < -0.4 is 5.32 Å². The van der Waals surface area contributed by atoms with E-state index >= 15 is 0 Å². The number of hydrogen-bond donors (Lipinski definition) is 1. The maximum Gasteiger partial charge on any atom is 0.325 e. The van der Waals surface area contributed by atoms with Crippen molar-refractivity contribution in [1.29, 1.82) is 0 Å². The Bertz CT molecular complexity index is 818. The molecule has 1 saturated heterocycles. The average Bonchev–Trinajstić information content (AvgIpc) is 3.00. The van der Waals surface area contributed by atoms with Gasteiger partial charge in [0.05, 0.1) is 19.6 Å². The molecule has 4 nitrogen and oxygen atoms in total. The van der Waals surface area contributed by atoms with E-state index in [1.165, 1.54) is 24.4 Å². The van der Waals surface area contributed by atoms with E-state index in [4.69, 9.17) is 4.74 Å². The molecule has 3 rings (SSSR count). The molecule has 0 unspecified atom stereocenters. The number of rotatable bonds is 5. The standard InChI is InChI=1S/C21H23NO3S/c1-4-15-6-5-7-16(12-15)19-21(20(24)25-3,13-18(23)22-19)26-17-10-8-14(2)9-11-17/h5-12,19H,4,13H2,1-3H3,(H,22,23)/t19-,21-/m1/s1. The minimum absolute atomic E-state index is 0.0965. The summed E-state index contributed by atoms with van der Waals surface area (Å²) in [6.45, 7) is 4.10. The van der Waals surface area contributed by atoms with Gasteiger partial charge in [-0.3, -0.25) is 9.59 Å². The Morgan fingerprint density at radius 3 is 2.65 bits per heavy atom. The van der Waals surface area contributed by atoms with Crippen LogP contribution in [0.1, 0.15) is 36.1 Å². The van der Waals surface area contributed by atoms with Gasteiger partial charge in [0.25, 0.3) is 0 Å². The number of esters is 1. The number of thioether (sulfide) groups is 1. The summed E-state index contributed by atoms with van der Waals surface area (Å²) in [6.07, 6.45) is 0.990. The molecule has 2 aromatic rings. The van der Waals surface area contributed by atoms with Gasteiger partial charge in [0.1, 0.15) is 0 Å². The minimum Gasteiger partial charge on any atom is -0.468 e. The number of nitrogens with one attached hydrogen (secondary N) is 1. The van der Waals surface area contributed by atoms with Crippen molar-refractivity contribution in [3.05, 3.63) is 65.2 Å². The highest BCUT2D eigenvalue weighted by molar-refractivity contribution is 8.01. The second-order valence-corrected chi connectivity index (χ2v) is 7.98. The van der Waals surface area contributed by atoms with Gasteiger partial charge < -0.3 is 10.1 Å². The van der Waals surface area contributed by atoms with Gasteiger partial charge in [-0.15, -0.1) is 11.8 Å². The minimum atomic E-state index is -1.02. The topological polar surface area (TPSA) is 55.4 Å². The zero-order valence-electron chi connectivity index (χ0n) is 15.2. The van der Waals surface area contributed by atoms with Crippen LogP contribution in [0.25, 0.3) is 0 Å². The first-order valence-electron chi connectivity index (χ1n) is 8.71. The maximum atomic E-state index is 12.9. The molecular weight excluding hydrogens is 346 g/mol. The van der Waals surface area contributed by atoms with Crippen LogP contribution in [0, 0.1) is 6.92 Å². The molecule has 2 atom stereocenters. The van der Waals surface area contributed by atoms with Gasteiger partial charge in [0.15, 0.2) is 4.75 Å². The average molecular weight is 369 g/mol. The summed E-state index contributed by atoms with van der Waals surface area (Å²) in [5, 5.41) is 3.00.